The van der Waals surface area contributed by atoms with Gasteiger partial charge in [0.05, 0.1) is 28.4 Å². The van der Waals surface area contributed by atoms with Gasteiger partial charge in [-0.05, 0) is 42.0 Å². The molecular formula is C29H32N6O8S. The number of aromatic nitrogens is 1. The molecule has 3 unspecified atom stereocenters. The van der Waals surface area contributed by atoms with Crippen LogP contribution >= 0.6 is 11.3 Å². The first kappa shape index (κ1) is 32.1. The number of carboxylic acid groups (broad SMARTS) is 4. The molecule has 2 aliphatic heterocycles. The lowest BCUT2D eigenvalue weighted by Crippen LogP contribution is -2.60. The monoisotopic (exact) mass is 624 g/mol. The minimum absolute atomic E-state index is 0.0313. The number of carbonyl (C=O) groups is 4. The van der Waals surface area contributed by atoms with Crippen LogP contribution in [0.5, 0.6) is 0 Å². The van der Waals surface area contributed by atoms with E-state index in [1.54, 1.807) is 60.7 Å². The Kier molecular flexibility index (Phi) is 9.95. The quantitative estimate of drug-likeness (QED) is 0.151. The number of aliphatic carboxylic acids is 4. The van der Waals surface area contributed by atoms with E-state index in [0.717, 1.165) is 0 Å². The third kappa shape index (κ3) is 7.03. The van der Waals surface area contributed by atoms with E-state index in [-0.39, 0.29) is 31.0 Å². The minimum atomic E-state index is -1.53. The second kappa shape index (κ2) is 13.6. The minimum Gasteiger partial charge on any atom is -0.544 e. The van der Waals surface area contributed by atoms with Gasteiger partial charge in [-0.2, -0.15) is 0 Å². The summed E-state index contributed by atoms with van der Waals surface area (Å²) in [5.41, 5.74) is 13.7. The summed E-state index contributed by atoms with van der Waals surface area (Å²) < 4.78 is -0.717. The average Bonchev–Trinajstić information content (AvgIpc) is 3.44. The zero-order chi connectivity index (χ0) is 32.0. The highest BCUT2D eigenvalue weighted by molar-refractivity contribution is 7.17. The van der Waals surface area contributed by atoms with Crippen LogP contribution in [0.2, 0.25) is 0 Å². The van der Waals surface area contributed by atoms with Crippen molar-refractivity contribution in [2.24, 2.45) is 11.5 Å². The van der Waals surface area contributed by atoms with Crippen LogP contribution in [0, 0.1) is 0 Å². The number of carbonyl (C=O) groups excluding carboxylic acids is 1. The lowest BCUT2D eigenvalue weighted by molar-refractivity contribution is -0.903. The second-order valence-corrected chi connectivity index (χ2v) is 11.2. The molecule has 15 heteroatoms. The summed E-state index contributed by atoms with van der Waals surface area (Å²) in [6, 6.07) is 6.88. The molecule has 4 heterocycles. The first-order chi connectivity index (χ1) is 21.0. The van der Waals surface area contributed by atoms with Gasteiger partial charge in [-0.15, -0.1) is 11.3 Å². The largest absolute Gasteiger partial charge is 0.544 e. The molecule has 14 nitrogen and oxygen atoms in total. The fourth-order valence-corrected chi connectivity index (χ4v) is 6.34. The molecule has 2 aromatic rings. The molecule has 0 aromatic carbocycles. The van der Waals surface area contributed by atoms with E-state index in [1.165, 1.54) is 16.2 Å². The van der Waals surface area contributed by atoms with Crippen LogP contribution in [0.15, 0.2) is 72.1 Å². The molecule has 0 saturated carbocycles. The van der Waals surface area contributed by atoms with Crippen LogP contribution in [0.1, 0.15) is 22.3 Å². The number of thiophene rings is 1. The van der Waals surface area contributed by atoms with E-state index in [0.29, 0.717) is 26.8 Å². The van der Waals surface area contributed by atoms with Crippen LogP contribution in [-0.4, -0.2) is 92.3 Å². The van der Waals surface area contributed by atoms with Crippen molar-refractivity contribution in [2.75, 3.05) is 38.0 Å². The van der Waals surface area contributed by atoms with Gasteiger partial charge < -0.3 is 46.9 Å². The Morgan fingerprint density at radius 2 is 1.82 bits per heavy atom. The molecular weight excluding hydrogens is 592 g/mol. The molecule has 3 atom stereocenters. The van der Waals surface area contributed by atoms with E-state index < -0.39 is 60.1 Å². The van der Waals surface area contributed by atoms with Crippen molar-refractivity contribution in [3.05, 3.63) is 88.4 Å². The molecule has 2 aromatic heterocycles. The van der Waals surface area contributed by atoms with Crippen molar-refractivity contribution < 1.29 is 44.1 Å². The standard InChI is InChI=1S/C29H32N6O8S/c30-11-18-3-1-5-20(33-18)22-9-17(24-7-8-25(44-24)32-13-26(36)37)10-23(35(22,15-28(40)41)16-29(42)43)21-6-2-4-19(12-31)34(21)14-27(38)39/h1-10,19,22,32H,11-16,30-31H2,(H3-,36,37,38,39,40,41,42,43). The number of rotatable bonds is 14. The zero-order valence-electron chi connectivity index (χ0n) is 23.5. The average molecular weight is 625 g/mol. The Morgan fingerprint density at radius 3 is 2.45 bits per heavy atom. The molecule has 4 rings (SSSR count). The van der Waals surface area contributed by atoms with Crippen molar-refractivity contribution in [3.8, 4) is 0 Å². The lowest BCUT2D eigenvalue weighted by atomic mass is 9.92. The van der Waals surface area contributed by atoms with E-state index >= 15 is 0 Å². The molecule has 44 heavy (non-hydrogen) atoms. The highest BCUT2D eigenvalue weighted by Gasteiger charge is 2.49. The molecule has 0 saturated heterocycles. The van der Waals surface area contributed by atoms with Crippen molar-refractivity contribution in [1.82, 2.24) is 9.88 Å². The number of hydrogen-bond donors (Lipinski definition) is 6. The maximum atomic E-state index is 12.5. The molecule has 2 aliphatic rings. The molecule has 0 bridgehead atoms. The van der Waals surface area contributed by atoms with Crippen LogP contribution in [0.25, 0.3) is 5.57 Å². The third-order valence-corrected chi connectivity index (χ3v) is 8.31. The number of carboxylic acids is 4. The second-order valence-electron chi connectivity index (χ2n) is 10.1. The number of hydrogen-bond acceptors (Lipinski definition) is 11. The van der Waals surface area contributed by atoms with Crippen LogP contribution < -0.4 is 21.9 Å². The smallest absolute Gasteiger partial charge is 0.359 e. The van der Waals surface area contributed by atoms with Gasteiger partial charge in [0, 0.05) is 24.0 Å². The van der Waals surface area contributed by atoms with Gasteiger partial charge in [0.15, 0.2) is 18.3 Å². The van der Waals surface area contributed by atoms with Gasteiger partial charge in [-0.1, -0.05) is 18.2 Å². The van der Waals surface area contributed by atoms with E-state index in [9.17, 15) is 34.5 Å². The number of anilines is 1. The van der Waals surface area contributed by atoms with Gasteiger partial charge in [-0.25, -0.2) is 9.78 Å². The first-order valence-electron chi connectivity index (χ1n) is 13.5. The van der Waals surface area contributed by atoms with Gasteiger partial charge in [0.25, 0.3) is 0 Å². The summed E-state index contributed by atoms with van der Waals surface area (Å²) in [4.78, 5) is 54.8. The highest BCUT2D eigenvalue weighted by atomic mass is 32.1. The summed E-state index contributed by atoms with van der Waals surface area (Å²) in [6.07, 6.45) is 8.32. The Hall–Kier alpha value is -4.83. The molecule has 0 amide bonds. The topological polar surface area (TPSA) is 232 Å². The predicted octanol–water partition coefficient (Wildman–Crippen LogP) is -0.0606. The molecule has 0 spiro atoms. The van der Waals surface area contributed by atoms with Crippen molar-refractivity contribution in [1.29, 1.82) is 0 Å². The fourth-order valence-electron chi connectivity index (χ4n) is 5.44. The van der Waals surface area contributed by atoms with Crippen molar-refractivity contribution >= 4 is 45.8 Å². The Balaban J connectivity index is 2.02. The molecule has 0 fully saturated rings. The summed E-state index contributed by atoms with van der Waals surface area (Å²) in [6.45, 7) is -2.21. The van der Waals surface area contributed by atoms with E-state index in [2.05, 4.69) is 10.3 Å². The molecule has 8 N–H and O–H groups in total. The van der Waals surface area contributed by atoms with Gasteiger partial charge in [-0.3, -0.25) is 14.1 Å². The number of allylic oxidation sites excluding steroid dienone is 4. The van der Waals surface area contributed by atoms with Gasteiger partial charge in [0.2, 0.25) is 0 Å². The third-order valence-electron chi connectivity index (χ3n) is 7.22. The Bertz CT molecular complexity index is 1560. The van der Waals surface area contributed by atoms with Crippen molar-refractivity contribution in [3.63, 3.8) is 0 Å². The van der Waals surface area contributed by atoms with Crippen molar-refractivity contribution in [2.45, 2.75) is 18.6 Å². The maximum Gasteiger partial charge on any atom is 0.359 e. The SMILES string of the molecule is NCc1cccc(C2C=C(c3ccc(NCC(=O)O)s3)C=C(C3=CC=CC(CN)N3CC(=O)O)[N+]2(CC(=O)[O-])CC(=O)O)n1. The fraction of sp³-hybridized carbons (Fsp3) is 0.276. The number of quaternary nitrogens is 1. The lowest BCUT2D eigenvalue weighted by Gasteiger charge is -2.48. The molecule has 0 radical (unpaired) electrons. The summed E-state index contributed by atoms with van der Waals surface area (Å²) in [7, 11) is 0. The number of nitrogens with one attached hydrogen (secondary N) is 1. The van der Waals surface area contributed by atoms with Crippen LogP contribution in [0.3, 0.4) is 0 Å². The maximum absolute atomic E-state index is 12.5. The van der Waals surface area contributed by atoms with Crippen LogP contribution in [0.4, 0.5) is 5.00 Å². The highest BCUT2D eigenvalue weighted by Crippen LogP contribution is 2.46. The molecule has 232 valence electrons. The first-order valence-corrected chi connectivity index (χ1v) is 14.3. The van der Waals surface area contributed by atoms with E-state index in [1.807, 2.05) is 0 Å². The Labute approximate surface area is 256 Å². The zero-order valence-corrected chi connectivity index (χ0v) is 24.3. The van der Waals surface area contributed by atoms with E-state index in [4.69, 9.17) is 16.6 Å². The number of nitrogens with zero attached hydrogens (tertiary/aromatic N) is 3. The summed E-state index contributed by atoms with van der Waals surface area (Å²) in [5.74, 6) is -5.06. The molecule has 0 aliphatic carbocycles. The predicted molar refractivity (Wildman–Crippen MR) is 158 cm³/mol. The van der Waals surface area contributed by atoms with Gasteiger partial charge in [0.1, 0.15) is 25.3 Å². The van der Waals surface area contributed by atoms with Gasteiger partial charge >= 0.3 is 17.9 Å². The number of pyridine rings is 1. The summed E-state index contributed by atoms with van der Waals surface area (Å²) >= 11 is 1.24. The summed E-state index contributed by atoms with van der Waals surface area (Å²) in [5, 5.41) is 44.9. The Morgan fingerprint density at radius 1 is 1.05 bits per heavy atom. The van der Waals surface area contributed by atoms with Crippen LogP contribution in [-0.2, 0) is 25.7 Å². The number of nitrogens with two attached hydrogens (primary N) is 2. The normalized spacial score (nSPS) is 21.2.